The number of nitrogens with one attached hydrogen (secondary N) is 1. The van der Waals surface area contributed by atoms with Crippen LogP contribution in [-0.4, -0.2) is 61.4 Å². The Morgan fingerprint density at radius 1 is 1.21 bits per heavy atom. The summed E-state index contributed by atoms with van der Waals surface area (Å²) >= 11 is 7.70. The maximum atomic E-state index is 13.4. The Morgan fingerprint density at radius 2 is 1.97 bits per heavy atom. The van der Waals surface area contributed by atoms with Crippen LogP contribution < -0.4 is 14.2 Å². The average Bonchev–Trinajstić information content (AvgIpc) is 2.84. The minimum Gasteiger partial charge on any atom is -0.497 e. The first-order valence-electron chi connectivity index (χ1n) is 11.2. The predicted octanol–water partition coefficient (Wildman–Crippen LogP) is 4.61. The fourth-order valence-electron chi connectivity index (χ4n) is 3.87. The lowest BCUT2D eigenvalue weighted by atomic mass is 9.85. The smallest absolute Gasteiger partial charge is 0.243 e. The van der Waals surface area contributed by atoms with Crippen molar-refractivity contribution >= 4 is 29.5 Å². The van der Waals surface area contributed by atoms with Crippen LogP contribution in [0.1, 0.15) is 30.9 Å². The van der Waals surface area contributed by atoms with Crippen molar-refractivity contribution in [1.82, 2.24) is 14.5 Å². The zero-order valence-electron chi connectivity index (χ0n) is 19.9. The van der Waals surface area contributed by atoms with Crippen molar-refractivity contribution in [3.8, 4) is 11.5 Å². The summed E-state index contributed by atoms with van der Waals surface area (Å²) in [6, 6.07) is 13.6. The van der Waals surface area contributed by atoms with Gasteiger partial charge >= 0.3 is 0 Å². The highest BCUT2D eigenvalue weighted by Gasteiger charge is 2.46. The molecule has 0 spiro atoms. The molecule has 3 rings (SSSR count). The van der Waals surface area contributed by atoms with Crippen LogP contribution in [0.5, 0.6) is 11.5 Å². The summed E-state index contributed by atoms with van der Waals surface area (Å²) in [5, 5.41) is 0.707. The second kappa shape index (κ2) is 12.0. The van der Waals surface area contributed by atoms with Gasteiger partial charge in [-0.15, -0.1) is 0 Å². The molecule has 0 saturated carbocycles. The van der Waals surface area contributed by atoms with E-state index in [0.29, 0.717) is 24.7 Å². The van der Waals surface area contributed by atoms with Crippen molar-refractivity contribution in [1.29, 1.82) is 0 Å². The van der Waals surface area contributed by atoms with Gasteiger partial charge < -0.3 is 14.4 Å². The number of carbonyl (C=O) groups excluding carboxylic acids is 1. The van der Waals surface area contributed by atoms with E-state index in [1.165, 1.54) is 0 Å². The molecule has 0 aromatic heterocycles. The van der Waals surface area contributed by atoms with E-state index in [2.05, 4.69) is 9.62 Å². The molecule has 0 aliphatic carbocycles. The molecule has 2 aromatic carbocycles. The van der Waals surface area contributed by atoms with Crippen LogP contribution in [0, 0.1) is 0 Å². The molecular weight excluding hydrogens is 458 g/mol. The fraction of sp³-hybridized carbons (Fsp3) is 0.480. The van der Waals surface area contributed by atoms with Crippen molar-refractivity contribution < 1.29 is 14.3 Å². The van der Waals surface area contributed by atoms with Gasteiger partial charge in [-0.2, -0.15) is 0 Å². The summed E-state index contributed by atoms with van der Waals surface area (Å²) in [7, 11) is 5.33. The summed E-state index contributed by atoms with van der Waals surface area (Å²) in [5.74, 6) is 2.68. The second-order valence-electron chi connectivity index (χ2n) is 8.50. The van der Waals surface area contributed by atoms with E-state index in [1.807, 2.05) is 61.3 Å². The number of carbonyl (C=O) groups is 1. The van der Waals surface area contributed by atoms with Crippen LogP contribution in [0.25, 0.3) is 0 Å². The molecule has 1 unspecified atom stereocenters. The molecule has 1 atom stereocenters. The molecule has 8 heteroatoms. The van der Waals surface area contributed by atoms with Crippen molar-refractivity contribution in [2.45, 2.75) is 38.4 Å². The third kappa shape index (κ3) is 6.57. The largest absolute Gasteiger partial charge is 0.497 e. The Kier molecular flexibility index (Phi) is 9.32. The van der Waals surface area contributed by atoms with Crippen LogP contribution in [0.15, 0.2) is 42.5 Å². The number of nitrogens with zero attached hydrogens (tertiary/aromatic N) is 2. The zero-order chi connectivity index (χ0) is 23.8. The minimum atomic E-state index is -0.400. The zero-order valence-corrected chi connectivity index (χ0v) is 21.5. The first kappa shape index (κ1) is 25.7. The Labute approximate surface area is 206 Å². The topological polar surface area (TPSA) is 54.0 Å². The maximum Gasteiger partial charge on any atom is 0.243 e. The maximum absolute atomic E-state index is 13.4. The summed E-state index contributed by atoms with van der Waals surface area (Å²) in [6.45, 7) is 5.01. The van der Waals surface area contributed by atoms with Gasteiger partial charge in [0.1, 0.15) is 11.5 Å². The van der Waals surface area contributed by atoms with Crippen LogP contribution in [-0.2, 0) is 17.9 Å². The summed E-state index contributed by atoms with van der Waals surface area (Å²) in [6.07, 6.45) is 1.80. The summed E-state index contributed by atoms with van der Waals surface area (Å²) in [4.78, 5) is 17.5. The van der Waals surface area contributed by atoms with Crippen molar-refractivity contribution in [3.05, 3.63) is 58.6 Å². The number of benzene rings is 2. The molecule has 6 nitrogen and oxygen atoms in total. The molecule has 1 saturated heterocycles. The van der Waals surface area contributed by atoms with E-state index < -0.39 is 5.54 Å². The number of likely N-dealkylation sites (tertiary alicyclic amines) is 1. The van der Waals surface area contributed by atoms with Crippen molar-refractivity contribution in [3.63, 3.8) is 0 Å². The molecule has 1 aliphatic heterocycles. The molecular formula is C25H34ClN3O3S. The van der Waals surface area contributed by atoms with E-state index in [9.17, 15) is 4.79 Å². The fourth-order valence-corrected chi connectivity index (χ4v) is 4.67. The highest BCUT2D eigenvalue weighted by Crippen LogP contribution is 2.31. The Balaban J connectivity index is 1.51. The number of likely N-dealkylation sites (N-methyl/N-ethyl adjacent to an activating group) is 1. The number of hydrogen-bond donors (Lipinski definition) is 1. The molecule has 1 N–H and O–H groups in total. The Morgan fingerprint density at radius 3 is 2.58 bits per heavy atom. The molecule has 1 aliphatic rings. The van der Waals surface area contributed by atoms with Gasteiger partial charge in [0.15, 0.2) is 0 Å². The lowest BCUT2D eigenvalue weighted by Crippen LogP contribution is -2.64. The van der Waals surface area contributed by atoms with Gasteiger partial charge in [-0.05, 0) is 50.6 Å². The normalized spacial score (nSPS) is 18.0. The lowest BCUT2D eigenvalue weighted by Gasteiger charge is -2.49. The molecule has 2 aromatic rings. The van der Waals surface area contributed by atoms with Gasteiger partial charge in [0, 0.05) is 48.6 Å². The molecule has 0 bridgehead atoms. The van der Waals surface area contributed by atoms with E-state index in [4.69, 9.17) is 21.1 Å². The molecule has 1 amide bonds. The molecule has 0 radical (unpaired) electrons. The van der Waals surface area contributed by atoms with E-state index >= 15 is 0 Å². The number of hydrogen-bond acceptors (Lipinski definition) is 6. The minimum absolute atomic E-state index is 0.201. The number of amides is 1. The highest BCUT2D eigenvalue weighted by atomic mass is 35.5. The molecule has 33 heavy (non-hydrogen) atoms. The Bertz CT molecular complexity index is 928. The van der Waals surface area contributed by atoms with Gasteiger partial charge in [0.05, 0.1) is 19.8 Å². The van der Waals surface area contributed by atoms with Gasteiger partial charge in [-0.1, -0.05) is 41.7 Å². The molecule has 1 heterocycles. The second-order valence-corrected chi connectivity index (χ2v) is 9.92. The Hall–Kier alpha value is -1.93. The van der Waals surface area contributed by atoms with E-state index in [1.54, 1.807) is 26.2 Å². The standard InChI is InChI=1S/C25H34ClN3O3S/c1-25(12-14-28(25)2)24(30)29(18-19-6-9-21(26)10-7-19)13-5-15-33-27-17-20-8-11-22(31-3)16-23(20)32-4/h6-11,16,27H,5,12-15,17-18H2,1-4H3. The quantitative estimate of drug-likeness (QED) is 0.345. The number of ether oxygens (including phenoxy) is 2. The first-order chi connectivity index (χ1) is 15.9. The average molecular weight is 492 g/mol. The van der Waals surface area contributed by atoms with Crippen molar-refractivity contribution in [2.24, 2.45) is 0 Å². The van der Waals surface area contributed by atoms with Gasteiger partial charge in [0.25, 0.3) is 0 Å². The molecule has 1 fully saturated rings. The van der Waals surface area contributed by atoms with Crippen molar-refractivity contribution in [2.75, 3.05) is 40.1 Å². The number of halogens is 1. The van der Waals surface area contributed by atoms with Crippen LogP contribution in [0.4, 0.5) is 0 Å². The van der Waals surface area contributed by atoms with Crippen LogP contribution in [0.2, 0.25) is 5.02 Å². The van der Waals surface area contributed by atoms with Gasteiger partial charge in [-0.3, -0.25) is 14.4 Å². The van der Waals surface area contributed by atoms with Gasteiger partial charge in [-0.25, -0.2) is 0 Å². The van der Waals surface area contributed by atoms with Crippen LogP contribution in [0.3, 0.4) is 0 Å². The third-order valence-electron chi connectivity index (χ3n) is 6.34. The van der Waals surface area contributed by atoms with Crippen LogP contribution >= 0.6 is 23.5 Å². The highest BCUT2D eigenvalue weighted by molar-refractivity contribution is 7.97. The first-order valence-corrected chi connectivity index (χ1v) is 12.5. The monoisotopic (exact) mass is 491 g/mol. The molecule has 180 valence electrons. The predicted molar refractivity (Wildman–Crippen MR) is 136 cm³/mol. The number of rotatable bonds is 12. The summed E-state index contributed by atoms with van der Waals surface area (Å²) < 4.78 is 14.1. The lowest BCUT2D eigenvalue weighted by molar-refractivity contribution is -0.151. The number of methoxy groups -OCH3 is 2. The van der Waals surface area contributed by atoms with E-state index in [0.717, 1.165) is 47.8 Å². The van der Waals surface area contributed by atoms with E-state index in [-0.39, 0.29) is 5.91 Å². The summed E-state index contributed by atoms with van der Waals surface area (Å²) in [5.41, 5.74) is 1.77. The third-order valence-corrected chi connectivity index (χ3v) is 7.44. The van der Waals surface area contributed by atoms with Gasteiger partial charge in [0.2, 0.25) is 5.91 Å². The SMILES string of the molecule is COc1ccc(CNSCCCN(Cc2ccc(Cl)cc2)C(=O)C2(C)CCN2C)c(OC)c1.